The summed E-state index contributed by atoms with van der Waals surface area (Å²) in [4.78, 5) is 17.4. The number of hydrogen-bond acceptors (Lipinski definition) is 4. The molecule has 1 aromatic heterocycles. The highest BCUT2D eigenvalue weighted by Crippen LogP contribution is 2.23. The van der Waals surface area contributed by atoms with Gasteiger partial charge in [-0.2, -0.15) is 0 Å². The summed E-state index contributed by atoms with van der Waals surface area (Å²) in [6.07, 6.45) is 3.93. The highest BCUT2D eigenvalue weighted by Gasteiger charge is 2.18. The Morgan fingerprint density at radius 1 is 1.45 bits per heavy atom. The molecule has 1 N–H and O–H groups in total. The molecule has 1 unspecified atom stereocenters. The Labute approximate surface area is 122 Å². The zero-order valence-electron chi connectivity index (χ0n) is 11.0. The summed E-state index contributed by atoms with van der Waals surface area (Å²) in [6.45, 7) is 1.35. The monoisotopic (exact) mass is 288 g/mol. The largest absolute Gasteiger partial charge is 0.376 e. The fraction of sp³-hybridized carbons (Fsp3) is 0.333. The van der Waals surface area contributed by atoms with Gasteiger partial charge >= 0.3 is 0 Å². The van der Waals surface area contributed by atoms with Gasteiger partial charge in [0, 0.05) is 35.2 Å². The first-order chi connectivity index (χ1) is 9.75. The first-order valence-corrected chi connectivity index (χ1v) is 7.17. The van der Waals surface area contributed by atoms with Crippen molar-refractivity contribution in [2.75, 3.05) is 13.2 Å². The number of carbonyl (C=O) groups excluding carboxylic acids is 1. The van der Waals surface area contributed by atoms with E-state index in [2.05, 4.69) is 22.9 Å². The van der Waals surface area contributed by atoms with Crippen LogP contribution in [-0.4, -0.2) is 30.1 Å². The molecule has 0 saturated carbocycles. The van der Waals surface area contributed by atoms with E-state index in [1.165, 1.54) is 0 Å². The minimum Gasteiger partial charge on any atom is -0.376 e. The van der Waals surface area contributed by atoms with Crippen molar-refractivity contribution < 1.29 is 9.53 Å². The van der Waals surface area contributed by atoms with Crippen molar-refractivity contribution in [1.82, 2.24) is 10.3 Å². The molecule has 0 bridgehead atoms. The normalized spacial score (nSPS) is 18.4. The van der Waals surface area contributed by atoms with Gasteiger partial charge in [0.2, 0.25) is 0 Å². The third-order valence-corrected chi connectivity index (χ3v) is 3.87. The van der Waals surface area contributed by atoms with Gasteiger partial charge in [0.1, 0.15) is 0 Å². The predicted molar refractivity (Wildman–Crippen MR) is 80.3 cm³/mol. The zero-order valence-corrected chi connectivity index (χ0v) is 11.9. The molecule has 1 aliphatic heterocycles. The molecule has 20 heavy (non-hydrogen) atoms. The molecule has 1 aliphatic rings. The highest BCUT2D eigenvalue weighted by atomic mass is 32.1. The second-order valence-electron chi connectivity index (χ2n) is 4.88. The molecular weight excluding hydrogens is 272 g/mol. The van der Waals surface area contributed by atoms with Crippen molar-refractivity contribution in [3.63, 3.8) is 0 Å². The lowest BCUT2D eigenvalue weighted by Gasteiger charge is -2.12. The SMILES string of the molecule is O=C(NCC1CCCO1)c1ccc(S)c2ncccc12. The maximum Gasteiger partial charge on any atom is 0.252 e. The van der Waals surface area contributed by atoms with E-state index in [1.54, 1.807) is 18.3 Å². The van der Waals surface area contributed by atoms with Crippen LogP contribution >= 0.6 is 12.6 Å². The Hall–Kier alpha value is -1.59. The average molecular weight is 288 g/mol. The molecule has 1 saturated heterocycles. The van der Waals surface area contributed by atoms with Gasteiger partial charge < -0.3 is 10.1 Å². The molecular formula is C15H16N2O2S. The Kier molecular flexibility index (Phi) is 3.89. The van der Waals surface area contributed by atoms with Crippen molar-refractivity contribution in [1.29, 1.82) is 0 Å². The molecule has 0 aliphatic carbocycles. The lowest BCUT2D eigenvalue weighted by molar-refractivity contribution is 0.0859. The zero-order chi connectivity index (χ0) is 13.9. The van der Waals surface area contributed by atoms with E-state index in [0.29, 0.717) is 12.1 Å². The van der Waals surface area contributed by atoms with Crippen LogP contribution in [0.2, 0.25) is 0 Å². The predicted octanol–water partition coefficient (Wildman–Crippen LogP) is 2.43. The van der Waals surface area contributed by atoms with Crippen LogP contribution in [0.3, 0.4) is 0 Å². The van der Waals surface area contributed by atoms with E-state index in [0.717, 1.165) is 35.2 Å². The minimum atomic E-state index is -0.0909. The summed E-state index contributed by atoms with van der Waals surface area (Å²) in [7, 11) is 0. The van der Waals surface area contributed by atoms with Crippen LogP contribution in [0.25, 0.3) is 10.9 Å². The molecule has 1 aromatic carbocycles. The van der Waals surface area contributed by atoms with Crippen LogP contribution in [0, 0.1) is 0 Å². The number of fused-ring (bicyclic) bond motifs is 1. The summed E-state index contributed by atoms with van der Waals surface area (Å²) < 4.78 is 5.51. The fourth-order valence-corrected chi connectivity index (χ4v) is 2.72. The van der Waals surface area contributed by atoms with Crippen molar-refractivity contribution in [3.05, 3.63) is 36.0 Å². The Morgan fingerprint density at radius 2 is 2.35 bits per heavy atom. The van der Waals surface area contributed by atoms with Gasteiger partial charge in [0.15, 0.2) is 0 Å². The fourth-order valence-electron chi connectivity index (χ4n) is 2.46. The third-order valence-electron chi connectivity index (χ3n) is 3.51. The minimum absolute atomic E-state index is 0.0909. The van der Waals surface area contributed by atoms with Crippen LogP contribution in [0.1, 0.15) is 23.2 Å². The Morgan fingerprint density at radius 3 is 3.15 bits per heavy atom. The number of ether oxygens (including phenoxy) is 1. The van der Waals surface area contributed by atoms with Crippen molar-refractivity contribution in [3.8, 4) is 0 Å². The summed E-state index contributed by atoms with van der Waals surface area (Å²) in [5, 5.41) is 3.76. The van der Waals surface area contributed by atoms with Crippen molar-refractivity contribution in [2.45, 2.75) is 23.8 Å². The molecule has 4 nitrogen and oxygen atoms in total. The molecule has 1 amide bonds. The van der Waals surface area contributed by atoms with Crippen LogP contribution in [-0.2, 0) is 4.74 Å². The maximum atomic E-state index is 12.3. The summed E-state index contributed by atoms with van der Waals surface area (Å²) >= 11 is 4.38. The lowest BCUT2D eigenvalue weighted by atomic mass is 10.1. The first kappa shape index (κ1) is 13.4. The average Bonchev–Trinajstić information content (AvgIpc) is 2.99. The van der Waals surface area contributed by atoms with Gasteiger partial charge in [-0.1, -0.05) is 6.07 Å². The molecule has 0 radical (unpaired) electrons. The quantitative estimate of drug-likeness (QED) is 0.853. The Bertz CT molecular complexity index is 639. The molecule has 1 atom stereocenters. The lowest BCUT2D eigenvalue weighted by Crippen LogP contribution is -2.31. The third kappa shape index (κ3) is 2.64. The van der Waals surface area contributed by atoms with Crippen molar-refractivity contribution >= 4 is 29.4 Å². The number of hydrogen-bond donors (Lipinski definition) is 2. The number of rotatable bonds is 3. The molecule has 104 valence electrons. The number of thiol groups is 1. The second-order valence-corrected chi connectivity index (χ2v) is 5.36. The number of amides is 1. The number of carbonyl (C=O) groups is 1. The molecule has 2 aromatic rings. The van der Waals surface area contributed by atoms with Gasteiger partial charge in [0.05, 0.1) is 11.6 Å². The first-order valence-electron chi connectivity index (χ1n) is 6.72. The van der Waals surface area contributed by atoms with Gasteiger partial charge in [-0.3, -0.25) is 9.78 Å². The summed E-state index contributed by atoms with van der Waals surface area (Å²) in [5.74, 6) is -0.0909. The van der Waals surface area contributed by atoms with E-state index in [9.17, 15) is 4.79 Å². The molecule has 5 heteroatoms. The van der Waals surface area contributed by atoms with Crippen molar-refractivity contribution in [2.24, 2.45) is 0 Å². The van der Waals surface area contributed by atoms with E-state index in [-0.39, 0.29) is 12.0 Å². The van der Waals surface area contributed by atoms with Gasteiger partial charge in [-0.25, -0.2) is 0 Å². The van der Waals surface area contributed by atoms with E-state index >= 15 is 0 Å². The van der Waals surface area contributed by atoms with Crippen LogP contribution in [0.15, 0.2) is 35.4 Å². The standard InChI is InChI=1S/C15H16N2O2S/c18-15(17-9-10-3-2-8-19-10)12-5-6-13(20)14-11(12)4-1-7-16-14/h1,4-7,10,20H,2-3,8-9H2,(H,17,18). The van der Waals surface area contributed by atoms with Gasteiger partial charge in [0.25, 0.3) is 5.91 Å². The molecule has 3 rings (SSSR count). The number of pyridine rings is 1. The van der Waals surface area contributed by atoms with E-state index in [4.69, 9.17) is 4.74 Å². The summed E-state index contributed by atoms with van der Waals surface area (Å²) in [5.41, 5.74) is 1.38. The van der Waals surface area contributed by atoms with E-state index < -0.39 is 0 Å². The van der Waals surface area contributed by atoms with Gasteiger partial charge in [-0.05, 0) is 31.0 Å². The number of aromatic nitrogens is 1. The number of nitrogens with one attached hydrogen (secondary N) is 1. The highest BCUT2D eigenvalue weighted by molar-refractivity contribution is 7.80. The topological polar surface area (TPSA) is 51.2 Å². The summed E-state index contributed by atoms with van der Waals surface area (Å²) in [6, 6.07) is 7.31. The van der Waals surface area contributed by atoms with Crippen LogP contribution in [0.4, 0.5) is 0 Å². The van der Waals surface area contributed by atoms with Crippen LogP contribution < -0.4 is 5.32 Å². The van der Waals surface area contributed by atoms with Gasteiger partial charge in [-0.15, -0.1) is 12.6 Å². The molecule has 2 heterocycles. The number of benzene rings is 1. The number of nitrogens with zero attached hydrogens (tertiary/aromatic N) is 1. The Balaban J connectivity index is 1.82. The second kappa shape index (κ2) is 5.81. The maximum absolute atomic E-state index is 12.3. The molecule has 1 fully saturated rings. The van der Waals surface area contributed by atoms with Crippen LogP contribution in [0.5, 0.6) is 0 Å². The van der Waals surface area contributed by atoms with E-state index in [1.807, 2.05) is 12.1 Å². The smallest absolute Gasteiger partial charge is 0.252 e. The molecule has 0 spiro atoms.